The van der Waals surface area contributed by atoms with Gasteiger partial charge in [-0.05, 0) is 56.2 Å². The third-order valence-electron chi connectivity index (χ3n) is 4.46. The molecule has 0 amide bonds. The van der Waals surface area contributed by atoms with Crippen molar-refractivity contribution in [3.05, 3.63) is 57.9 Å². The van der Waals surface area contributed by atoms with Gasteiger partial charge in [0, 0.05) is 26.2 Å². The summed E-state index contributed by atoms with van der Waals surface area (Å²) in [7, 11) is 3.68. The normalized spacial score (nSPS) is 11.1. The standard InChI is InChI=1S/C21H25ClFN3O/c1-6-25(4)13-24-18-11-14(2)16(10-15(18)3)20(27)12-26(5)19-9-7-8-17(23)21(19)22/h7-11,13H,6,12H2,1-5H3. The van der Waals surface area contributed by atoms with Crippen LogP contribution in [0.3, 0.4) is 0 Å². The number of benzene rings is 2. The summed E-state index contributed by atoms with van der Waals surface area (Å²) in [6.07, 6.45) is 1.78. The summed E-state index contributed by atoms with van der Waals surface area (Å²) < 4.78 is 13.7. The van der Waals surface area contributed by atoms with E-state index >= 15 is 0 Å². The number of Topliss-reactive ketones (excluding diaryl/α,β-unsaturated/α-hetero) is 1. The van der Waals surface area contributed by atoms with Crippen LogP contribution in [0.5, 0.6) is 0 Å². The molecule has 0 heterocycles. The number of hydrogen-bond acceptors (Lipinski definition) is 3. The lowest BCUT2D eigenvalue weighted by atomic mass is 10.00. The summed E-state index contributed by atoms with van der Waals surface area (Å²) in [5, 5.41) is 0.0189. The molecule has 0 aliphatic carbocycles. The predicted octanol–water partition coefficient (Wildman–Crippen LogP) is 5.03. The number of ketones is 1. The maximum atomic E-state index is 13.7. The van der Waals surface area contributed by atoms with Crippen molar-refractivity contribution in [2.24, 2.45) is 4.99 Å². The lowest BCUT2D eigenvalue weighted by molar-refractivity contribution is 0.0999. The minimum Gasteiger partial charge on any atom is -0.366 e. The highest BCUT2D eigenvalue weighted by molar-refractivity contribution is 6.33. The molecule has 0 fully saturated rings. The van der Waals surface area contributed by atoms with Crippen LogP contribution < -0.4 is 4.90 Å². The molecule has 0 unspecified atom stereocenters. The van der Waals surface area contributed by atoms with Crippen LogP contribution in [0.1, 0.15) is 28.4 Å². The average molecular weight is 390 g/mol. The maximum absolute atomic E-state index is 13.7. The van der Waals surface area contributed by atoms with Gasteiger partial charge < -0.3 is 9.80 Å². The molecule has 0 aliphatic heterocycles. The summed E-state index contributed by atoms with van der Waals surface area (Å²) >= 11 is 6.02. The summed E-state index contributed by atoms with van der Waals surface area (Å²) in [4.78, 5) is 20.9. The smallest absolute Gasteiger partial charge is 0.182 e. The Morgan fingerprint density at radius 1 is 1.22 bits per heavy atom. The minimum atomic E-state index is -0.500. The van der Waals surface area contributed by atoms with E-state index in [-0.39, 0.29) is 17.4 Å². The zero-order valence-corrected chi connectivity index (χ0v) is 17.1. The molecule has 0 atom stereocenters. The van der Waals surface area contributed by atoms with Crippen molar-refractivity contribution in [1.29, 1.82) is 0 Å². The molecular weight excluding hydrogens is 365 g/mol. The lowest BCUT2D eigenvalue weighted by Crippen LogP contribution is -2.26. The SMILES string of the molecule is CCN(C)C=Nc1cc(C)c(C(=O)CN(C)c2cccc(F)c2Cl)cc1C. The van der Waals surface area contributed by atoms with Crippen LogP contribution in [0.15, 0.2) is 35.3 Å². The van der Waals surface area contributed by atoms with Crippen LogP contribution in [0.25, 0.3) is 0 Å². The Morgan fingerprint density at radius 3 is 2.59 bits per heavy atom. The number of anilines is 1. The maximum Gasteiger partial charge on any atom is 0.182 e. The van der Waals surface area contributed by atoms with Gasteiger partial charge in [0.15, 0.2) is 5.78 Å². The first kappa shape index (κ1) is 20.9. The summed E-state index contributed by atoms with van der Waals surface area (Å²) in [6, 6.07) is 8.34. The summed E-state index contributed by atoms with van der Waals surface area (Å²) in [5.41, 5.74) is 3.75. The molecule has 0 aliphatic rings. The van der Waals surface area contributed by atoms with Crippen LogP contribution in [0.4, 0.5) is 15.8 Å². The zero-order valence-electron chi connectivity index (χ0n) is 16.4. The van der Waals surface area contributed by atoms with E-state index in [4.69, 9.17) is 11.6 Å². The van der Waals surface area contributed by atoms with Crippen molar-refractivity contribution in [3.8, 4) is 0 Å². The number of halogens is 2. The molecule has 2 rings (SSSR count). The van der Waals surface area contributed by atoms with Crippen molar-refractivity contribution in [2.75, 3.05) is 32.1 Å². The fraction of sp³-hybridized carbons (Fsp3) is 0.333. The third-order valence-corrected chi connectivity index (χ3v) is 4.83. The highest BCUT2D eigenvalue weighted by atomic mass is 35.5. The Bertz CT molecular complexity index is 867. The van der Waals surface area contributed by atoms with E-state index in [2.05, 4.69) is 4.99 Å². The third kappa shape index (κ3) is 5.07. The number of carbonyl (C=O) groups is 1. The van der Waals surface area contributed by atoms with Crippen molar-refractivity contribution < 1.29 is 9.18 Å². The van der Waals surface area contributed by atoms with Crippen LogP contribution >= 0.6 is 11.6 Å². The Balaban J connectivity index is 2.22. The van der Waals surface area contributed by atoms with Gasteiger partial charge in [0.2, 0.25) is 0 Å². The van der Waals surface area contributed by atoms with Crippen LogP contribution in [-0.2, 0) is 0 Å². The van der Waals surface area contributed by atoms with E-state index in [0.717, 1.165) is 23.4 Å². The minimum absolute atomic E-state index is 0.0189. The van der Waals surface area contributed by atoms with E-state index in [1.54, 1.807) is 30.4 Å². The highest BCUT2D eigenvalue weighted by Crippen LogP contribution is 2.28. The monoisotopic (exact) mass is 389 g/mol. The van der Waals surface area contributed by atoms with Crippen LogP contribution in [0.2, 0.25) is 5.02 Å². The van der Waals surface area contributed by atoms with Gasteiger partial charge in [0.25, 0.3) is 0 Å². The van der Waals surface area contributed by atoms with Crippen molar-refractivity contribution in [3.63, 3.8) is 0 Å². The number of carbonyl (C=O) groups excluding carboxylic acids is 1. The Kier molecular flexibility index (Phi) is 6.97. The molecule has 0 bridgehead atoms. The van der Waals surface area contributed by atoms with Gasteiger partial charge in [-0.15, -0.1) is 0 Å². The molecule has 0 aromatic heterocycles. The average Bonchev–Trinajstić information content (AvgIpc) is 2.63. The molecule has 144 valence electrons. The first-order chi connectivity index (χ1) is 12.7. The number of hydrogen-bond donors (Lipinski definition) is 0. The molecular formula is C21H25ClFN3O. The summed E-state index contributed by atoms with van der Waals surface area (Å²) in [6.45, 7) is 6.84. The molecule has 2 aromatic carbocycles. The van der Waals surface area contributed by atoms with Crippen LogP contribution in [0, 0.1) is 19.7 Å². The topological polar surface area (TPSA) is 35.9 Å². The Labute approximate surface area is 165 Å². The number of aryl methyl sites for hydroxylation is 2. The Morgan fingerprint density at radius 2 is 1.93 bits per heavy atom. The Hall–Kier alpha value is -2.40. The van der Waals surface area contributed by atoms with Gasteiger partial charge in [0.1, 0.15) is 5.82 Å². The summed E-state index contributed by atoms with van der Waals surface area (Å²) in [5.74, 6) is -0.556. The van der Waals surface area contributed by atoms with Crippen molar-refractivity contribution in [2.45, 2.75) is 20.8 Å². The lowest BCUT2D eigenvalue weighted by Gasteiger charge is -2.20. The second kappa shape index (κ2) is 9.00. The van der Waals surface area contributed by atoms with E-state index in [0.29, 0.717) is 11.3 Å². The molecule has 27 heavy (non-hydrogen) atoms. The molecule has 2 aromatic rings. The molecule has 0 radical (unpaired) electrons. The highest BCUT2D eigenvalue weighted by Gasteiger charge is 2.17. The van der Waals surface area contributed by atoms with E-state index in [1.165, 1.54) is 6.07 Å². The molecule has 0 N–H and O–H groups in total. The van der Waals surface area contributed by atoms with E-state index < -0.39 is 5.82 Å². The van der Waals surface area contributed by atoms with Gasteiger partial charge in [0.05, 0.1) is 29.3 Å². The second-order valence-electron chi connectivity index (χ2n) is 6.62. The van der Waals surface area contributed by atoms with Gasteiger partial charge >= 0.3 is 0 Å². The number of rotatable bonds is 7. The first-order valence-corrected chi connectivity index (χ1v) is 9.16. The fourth-order valence-electron chi connectivity index (χ4n) is 2.66. The quantitative estimate of drug-likeness (QED) is 0.378. The molecule has 6 heteroatoms. The molecule has 0 saturated carbocycles. The number of likely N-dealkylation sites (N-methyl/N-ethyl adjacent to an activating group) is 1. The molecule has 0 saturated heterocycles. The van der Waals surface area contributed by atoms with E-state index in [9.17, 15) is 9.18 Å². The van der Waals surface area contributed by atoms with Crippen molar-refractivity contribution >= 4 is 35.1 Å². The zero-order chi connectivity index (χ0) is 20.1. The van der Waals surface area contributed by atoms with Crippen LogP contribution in [-0.4, -0.2) is 44.2 Å². The largest absolute Gasteiger partial charge is 0.366 e. The van der Waals surface area contributed by atoms with E-state index in [1.807, 2.05) is 44.9 Å². The van der Waals surface area contributed by atoms with Gasteiger partial charge in [-0.3, -0.25) is 4.79 Å². The fourth-order valence-corrected chi connectivity index (χ4v) is 2.93. The number of aliphatic imine (C=N–C) groups is 1. The second-order valence-corrected chi connectivity index (χ2v) is 7.00. The van der Waals surface area contributed by atoms with Crippen molar-refractivity contribution in [1.82, 2.24) is 4.90 Å². The number of nitrogens with zero attached hydrogens (tertiary/aromatic N) is 3. The van der Waals surface area contributed by atoms with Gasteiger partial charge in [-0.1, -0.05) is 17.7 Å². The predicted molar refractivity (Wildman–Crippen MR) is 111 cm³/mol. The van der Waals surface area contributed by atoms with Gasteiger partial charge in [-0.2, -0.15) is 0 Å². The first-order valence-electron chi connectivity index (χ1n) is 8.78. The molecule has 0 spiro atoms. The molecule has 4 nitrogen and oxygen atoms in total. The van der Waals surface area contributed by atoms with Gasteiger partial charge in [-0.25, -0.2) is 9.38 Å².